The summed E-state index contributed by atoms with van der Waals surface area (Å²) in [5.74, 6) is 1.98. The monoisotopic (exact) mass is 1010 g/mol. The van der Waals surface area contributed by atoms with E-state index in [1.165, 1.54) is 12.1 Å². The first-order valence-electron chi connectivity index (χ1n) is 31.7. The van der Waals surface area contributed by atoms with Crippen LogP contribution in [0.5, 0.6) is 11.5 Å². The summed E-state index contributed by atoms with van der Waals surface area (Å²) < 4.78 is 111. The van der Waals surface area contributed by atoms with Gasteiger partial charge in [0.2, 0.25) is 0 Å². The van der Waals surface area contributed by atoms with E-state index in [-0.39, 0.29) is 17.6 Å². The van der Waals surface area contributed by atoms with E-state index in [0.717, 1.165) is 71.5 Å². The molecule has 0 saturated carbocycles. The summed E-state index contributed by atoms with van der Waals surface area (Å²) in [7, 11) is 0. The molecule has 0 bridgehead atoms. The lowest BCUT2D eigenvalue weighted by Gasteiger charge is -2.27. The van der Waals surface area contributed by atoms with Crippen molar-refractivity contribution in [1.29, 1.82) is 0 Å². The average Bonchev–Trinajstić information content (AvgIpc) is 1.68. The summed E-state index contributed by atoms with van der Waals surface area (Å²) in [6, 6.07) is 57.4. The third kappa shape index (κ3) is 8.64. The number of hydrogen-bond acceptors (Lipinski definition) is 3. The molecule has 0 unspecified atom stereocenters. The van der Waals surface area contributed by atoms with Gasteiger partial charge in [-0.2, -0.15) is 0 Å². The molecule has 0 amide bonds. The first-order valence-corrected chi connectivity index (χ1v) is 26.2. The molecule has 4 heterocycles. The van der Waals surface area contributed by atoms with Gasteiger partial charge in [0.1, 0.15) is 24.0 Å². The normalized spacial score (nSPS) is 16.1. The summed E-state index contributed by atoms with van der Waals surface area (Å²) in [4.78, 5) is 7.09. The minimum atomic E-state index is -3.52. The van der Waals surface area contributed by atoms with Gasteiger partial charge in [-0.05, 0) is 126 Å². The van der Waals surface area contributed by atoms with Crippen LogP contribution in [0.25, 0.3) is 82.1 Å². The van der Waals surface area contributed by atoms with Gasteiger partial charge in [0.15, 0.2) is 0 Å². The Balaban J connectivity index is 1.15. The maximum Gasteiger partial charge on any atom is 0.137 e. The molecule has 5 heteroatoms. The highest BCUT2D eigenvalue weighted by Gasteiger charge is 2.29. The zero-order valence-corrected chi connectivity index (χ0v) is 44.7. The molecular weight excluding hydrogens is 925 g/mol. The van der Waals surface area contributed by atoms with E-state index in [2.05, 4.69) is 95.5 Å². The number of benzene rings is 8. The highest BCUT2D eigenvalue weighted by atomic mass is 16.5. The number of hydrogen-bond donors (Lipinski definition) is 0. The molecule has 12 rings (SSSR count). The van der Waals surface area contributed by atoms with Crippen molar-refractivity contribution in [3.8, 4) is 28.4 Å². The van der Waals surface area contributed by atoms with Gasteiger partial charge in [0.05, 0.1) is 27.8 Å². The lowest BCUT2D eigenvalue weighted by molar-refractivity contribution is 0.413. The Hall–Kier alpha value is -7.89. The lowest BCUT2D eigenvalue weighted by Crippen LogP contribution is -2.17. The van der Waals surface area contributed by atoms with Crippen LogP contribution in [-0.4, -0.2) is 14.1 Å². The standard InChI is InChI=1S/C71H70N4O/c1-68(2,3)43-45-31-34-62-67-65(45)59-27-16-15-24-55(59)54-23-13-14-25-56(54)60-29-20-28-53(46-37-48(70(7,8)9)39-49(38-46)71(10,11)12)66(60)74(67)44-73(62)50-21-19-22-51(41-50)76-52-32-33-58-57-26-17-18-30-61(57)75(63(58)42-52)64-40-47(35-36-72-64)69(4,5)6/h13-42H,43-44H2,1-12H3/i7D3,8D3,9D3,43D2. The second-order valence-corrected chi connectivity index (χ2v) is 23.6. The molecule has 380 valence electrons. The van der Waals surface area contributed by atoms with Gasteiger partial charge in [-0.3, -0.25) is 4.57 Å². The number of ether oxygens (including phenoxy) is 1. The lowest BCUT2D eigenvalue weighted by atomic mass is 9.78. The quantitative estimate of drug-likeness (QED) is 0.166. The Bertz CT molecular complexity index is 4620. The zero-order chi connectivity index (χ0) is 62.3. The summed E-state index contributed by atoms with van der Waals surface area (Å²) in [5, 5.41) is 7.03. The fourth-order valence-corrected chi connectivity index (χ4v) is 11.3. The summed E-state index contributed by atoms with van der Waals surface area (Å²) in [5.41, 5.74) is 2.68. The molecule has 3 aromatic heterocycles. The number of para-hydroxylation sites is 2. The van der Waals surface area contributed by atoms with E-state index >= 15 is 0 Å². The highest BCUT2D eigenvalue weighted by molar-refractivity contribution is 6.23. The molecule has 0 spiro atoms. The van der Waals surface area contributed by atoms with E-state index < -0.39 is 43.2 Å². The van der Waals surface area contributed by atoms with Gasteiger partial charge in [-0.1, -0.05) is 198 Å². The van der Waals surface area contributed by atoms with Gasteiger partial charge in [-0.15, -0.1) is 0 Å². The van der Waals surface area contributed by atoms with Crippen LogP contribution in [0.2, 0.25) is 0 Å². The molecular formula is C71H70N4O. The average molecular weight is 1010 g/mol. The second-order valence-electron chi connectivity index (χ2n) is 23.6. The summed E-state index contributed by atoms with van der Waals surface area (Å²) in [6.07, 6.45) is -0.0451. The van der Waals surface area contributed by atoms with Gasteiger partial charge >= 0.3 is 0 Å². The number of rotatable bonds is 6. The maximum absolute atomic E-state index is 10.1. The number of nitrogens with zero attached hydrogens (tertiary/aromatic N) is 4. The van der Waals surface area contributed by atoms with Crippen molar-refractivity contribution in [2.24, 2.45) is 5.41 Å². The predicted octanol–water partition coefficient (Wildman–Crippen LogP) is 19.8. The Morgan fingerprint density at radius 3 is 1.84 bits per heavy atom. The molecule has 0 N–H and O–H groups in total. The smallest absolute Gasteiger partial charge is 0.137 e. The van der Waals surface area contributed by atoms with Crippen LogP contribution in [0.1, 0.15) is 120 Å². The zero-order valence-electron chi connectivity index (χ0n) is 55.7. The van der Waals surface area contributed by atoms with E-state index in [1.54, 1.807) is 0 Å². The Morgan fingerprint density at radius 1 is 0.513 bits per heavy atom. The van der Waals surface area contributed by atoms with E-state index in [0.29, 0.717) is 50.2 Å². The van der Waals surface area contributed by atoms with E-state index in [9.17, 15) is 2.74 Å². The highest BCUT2D eigenvalue weighted by Crippen LogP contribution is 2.48. The third-order valence-electron chi connectivity index (χ3n) is 14.9. The molecule has 8 aromatic carbocycles. The largest absolute Gasteiger partial charge is 0.457 e. The molecule has 0 fully saturated rings. The Labute approximate surface area is 464 Å². The van der Waals surface area contributed by atoms with Crippen LogP contribution in [-0.2, 0) is 29.3 Å². The molecule has 0 radical (unpaired) electrons. The molecule has 0 saturated heterocycles. The van der Waals surface area contributed by atoms with Gasteiger partial charge in [0.25, 0.3) is 0 Å². The number of fused-ring (bicyclic) bond motifs is 10. The third-order valence-corrected chi connectivity index (χ3v) is 14.9. The van der Waals surface area contributed by atoms with E-state index in [1.807, 2.05) is 151 Å². The van der Waals surface area contributed by atoms with Crippen molar-refractivity contribution in [3.63, 3.8) is 0 Å². The first kappa shape index (κ1) is 37.8. The van der Waals surface area contributed by atoms with Crippen molar-refractivity contribution in [2.75, 3.05) is 4.90 Å². The maximum atomic E-state index is 10.1. The minimum Gasteiger partial charge on any atom is -0.457 e. The molecule has 0 aliphatic carbocycles. The van der Waals surface area contributed by atoms with Gasteiger partial charge in [-0.25, -0.2) is 4.98 Å². The summed E-state index contributed by atoms with van der Waals surface area (Å²) >= 11 is 0. The van der Waals surface area contributed by atoms with Crippen molar-refractivity contribution in [2.45, 2.75) is 112 Å². The SMILES string of the molecule is [2H]C([2H])([2H])C(c1cc(-c2cccc3c4ccccc4c4ccccc4c4c(C([2H])([2H])C(C)(C)C)ccc5c4n(c23)CN5c2cccc(Oc3ccc4c5ccccc5n(-c5cc(C(C)(C)C)ccn5)c4c3)c2)cc(C(C)(C)C)c1)(C([2H])([2H])[2H])C([2H])([2H])[2H]. The number of anilines is 2. The fourth-order valence-electron chi connectivity index (χ4n) is 11.3. The van der Waals surface area contributed by atoms with Crippen LogP contribution < -0.4 is 9.64 Å². The Morgan fingerprint density at radius 2 is 1.13 bits per heavy atom. The molecule has 1 aliphatic rings. The van der Waals surface area contributed by atoms with Crippen molar-refractivity contribution in [3.05, 3.63) is 204 Å². The Kier molecular flexibility index (Phi) is 8.88. The van der Waals surface area contributed by atoms with Crippen molar-refractivity contribution in [1.82, 2.24) is 14.1 Å². The van der Waals surface area contributed by atoms with Crippen LogP contribution in [0.3, 0.4) is 0 Å². The second kappa shape index (κ2) is 17.9. The fraction of sp³-hybridized carbons (Fsp3) is 0.254. The van der Waals surface area contributed by atoms with Crippen LogP contribution in [0.15, 0.2) is 182 Å². The van der Waals surface area contributed by atoms with Gasteiger partial charge in [0, 0.05) is 66.2 Å². The van der Waals surface area contributed by atoms with Crippen LogP contribution in [0.4, 0.5) is 11.4 Å². The number of pyridine rings is 1. The summed E-state index contributed by atoms with van der Waals surface area (Å²) in [6.45, 7) is 7.70. The van der Waals surface area contributed by atoms with E-state index in [4.69, 9.17) is 22.1 Å². The van der Waals surface area contributed by atoms with Crippen LogP contribution >= 0.6 is 0 Å². The van der Waals surface area contributed by atoms with Crippen molar-refractivity contribution < 1.29 is 19.8 Å². The molecule has 11 aromatic rings. The van der Waals surface area contributed by atoms with Gasteiger partial charge < -0.3 is 14.2 Å². The minimum absolute atomic E-state index is 0.103. The molecule has 76 heavy (non-hydrogen) atoms. The van der Waals surface area contributed by atoms with Crippen molar-refractivity contribution >= 4 is 76.5 Å². The first-order chi connectivity index (χ1) is 40.7. The molecule has 5 nitrogen and oxygen atoms in total. The number of aromatic nitrogens is 3. The molecule has 0 atom stereocenters. The molecule has 1 aliphatic heterocycles. The predicted molar refractivity (Wildman–Crippen MR) is 324 cm³/mol. The topological polar surface area (TPSA) is 35.2 Å². The van der Waals surface area contributed by atoms with Crippen LogP contribution in [0, 0.1) is 5.41 Å².